The highest BCUT2D eigenvalue weighted by molar-refractivity contribution is 7.92. The molecule has 0 spiro atoms. The van der Waals surface area contributed by atoms with Crippen LogP contribution in [0.2, 0.25) is 0 Å². The lowest BCUT2D eigenvalue weighted by Crippen LogP contribution is -2.51. The van der Waals surface area contributed by atoms with E-state index in [0.29, 0.717) is 30.3 Å². The number of nitrogens with zero attached hydrogens (tertiary/aromatic N) is 3. The minimum absolute atomic E-state index is 0.0196. The van der Waals surface area contributed by atoms with Crippen LogP contribution in [-0.2, 0) is 21.4 Å². The second-order valence-electron chi connectivity index (χ2n) is 9.01. The Balaban J connectivity index is 1.53. The van der Waals surface area contributed by atoms with Gasteiger partial charge in [0.2, 0.25) is 5.91 Å². The van der Waals surface area contributed by atoms with Crippen LogP contribution in [0.15, 0.2) is 77.7 Å². The largest absolute Gasteiger partial charge is 0.493 e. The Kier molecular flexibility index (Phi) is 8.35. The van der Waals surface area contributed by atoms with Crippen LogP contribution in [-0.4, -0.2) is 71.1 Å². The van der Waals surface area contributed by atoms with Gasteiger partial charge in [-0.2, -0.15) is 0 Å². The molecule has 1 amide bonds. The number of hydrogen-bond acceptors (Lipinski definition) is 6. The molecule has 1 saturated heterocycles. The van der Waals surface area contributed by atoms with Crippen LogP contribution in [0.25, 0.3) is 0 Å². The van der Waals surface area contributed by atoms with Gasteiger partial charge in [0, 0.05) is 38.8 Å². The fourth-order valence-electron chi connectivity index (χ4n) is 4.35. The van der Waals surface area contributed by atoms with Gasteiger partial charge in [-0.3, -0.25) is 14.0 Å². The minimum Gasteiger partial charge on any atom is -0.493 e. The van der Waals surface area contributed by atoms with E-state index in [1.165, 1.54) is 36.2 Å². The monoisotopic (exact) mass is 523 g/mol. The van der Waals surface area contributed by atoms with Crippen molar-refractivity contribution in [2.24, 2.45) is 0 Å². The first kappa shape index (κ1) is 26.5. The Hall–Kier alpha value is -3.56. The van der Waals surface area contributed by atoms with Crippen molar-refractivity contribution in [3.63, 3.8) is 0 Å². The van der Waals surface area contributed by atoms with Gasteiger partial charge < -0.3 is 14.4 Å². The number of carbonyl (C=O) groups is 1. The summed E-state index contributed by atoms with van der Waals surface area (Å²) < 4.78 is 39.4. The molecule has 1 fully saturated rings. The second-order valence-corrected chi connectivity index (χ2v) is 10.9. The third-order valence-corrected chi connectivity index (χ3v) is 8.29. The molecular weight excluding hydrogens is 490 g/mol. The van der Waals surface area contributed by atoms with Crippen LogP contribution in [0.4, 0.5) is 5.69 Å². The molecule has 0 N–H and O–H groups in total. The fourth-order valence-corrected chi connectivity index (χ4v) is 5.78. The zero-order valence-corrected chi connectivity index (χ0v) is 22.3. The van der Waals surface area contributed by atoms with E-state index in [1.807, 2.05) is 37.3 Å². The molecule has 0 bridgehead atoms. The van der Waals surface area contributed by atoms with Crippen LogP contribution in [0.1, 0.15) is 11.1 Å². The summed E-state index contributed by atoms with van der Waals surface area (Å²) in [5.41, 5.74) is 2.65. The smallest absolute Gasteiger partial charge is 0.264 e. The molecule has 3 aromatic rings. The Labute approximate surface area is 219 Å². The molecule has 3 aromatic carbocycles. The Morgan fingerprint density at radius 1 is 0.865 bits per heavy atom. The van der Waals surface area contributed by atoms with Gasteiger partial charge in [0.15, 0.2) is 11.5 Å². The molecule has 0 saturated carbocycles. The molecule has 196 valence electrons. The summed E-state index contributed by atoms with van der Waals surface area (Å²) in [4.78, 5) is 17.4. The Morgan fingerprint density at radius 3 is 2.14 bits per heavy atom. The summed E-state index contributed by atoms with van der Waals surface area (Å²) in [6.07, 6.45) is 0. The molecule has 9 heteroatoms. The van der Waals surface area contributed by atoms with Gasteiger partial charge in [0.1, 0.15) is 6.54 Å². The SMILES string of the molecule is COc1ccc(S(=O)(=O)N(CC(=O)N2CCN(Cc3ccccc3)CC2)c2ccc(C)cc2)cc1OC. The molecule has 0 aromatic heterocycles. The highest BCUT2D eigenvalue weighted by atomic mass is 32.2. The molecule has 1 aliphatic heterocycles. The second kappa shape index (κ2) is 11.7. The maximum absolute atomic E-state index is 13.8. The normalized spacial score (nSPS) is 14.3. The number of aryl methyl sites for hydroxylation is 1. The van der Waals surface area contributed by atoms with E-state index in [-0.39, 0.29) is 17.3 Å². The van der Waals surface area contributed by atoms with Gasteiger partial charge in [-0.25, -0.2) is 8.42 Å². The van der Waals surface area contributed by atoms with Gasteiger partial charge in [0.25, 0.3) is 10.0 Å². The quantitative estimate of drug-likeness (QED) is 0.427. The number of rotatable bonds is 9. The summed E-state index contributed by atoms with van der Waals surface area (Å²) in [5.74, 6) is 0.491. The van der Waals surface area contributed by atoms with E-state index in [4.69, 9.17) is 9.47 Å². The molecule has 1 heterocycles. The molecule has 0 unspecified atom stereocenters. The average Bonchev–Trinajstić information content (AvgIpc) is 2.92. The Bertz CT molecular complexity index is 1310. The number of anilines is 1. The van der Waals surface area contributed by atoms with E-state index < -0.39 is 10.0 Å². The third kappa shape index (κ3) is 6.23. The maximum atomic E-state index is 13.8. The lowest BCUT2D eigenvalue weighted by molar-refractivity contribution is -0.131. The standard InChI is InChI=1S/C28H33N3O5S/c1-22-9-11-24(12-10-22)31(37(33,34)25-13-14-26(35-2)27(19-25)36-3)21-28(32)30-17-15-29(16-18-30)20-23-7-5-4-6-8-23/h4-14,19H,15-18,20-21H2,1-3H3. The van der Waals surface area contributed by atoms with Gasteiger partial charge in [-0.15, -0.1) is 0 Å². The topological polar surface area (TPSA) is 79.4 Å². The molecule has 0 radical (unpaired) electrons. The first-order valence-corrected chi connectivity index (χ1v) is 13.6. The summed E-state index contributed by atoms with van der Waals surface area (Å²) in [5, 5.41) is 0. The zero-order chi connectivity index (χ0) is 26.4. The van der Waals surface area contributed by atoms with Crippen LogP contribution in [0, 0.1) is 6.92 Å². The molecule has 4 rings (SSSR count). The first-order chi connectivity index (χ1) is 17.8. The van der Waals surface area contributed by atoms with Crippen molar-refractivity contribution in [3.05, 3.63) is 83.9 Å². The van der Waals surface area contributed by atoms with Gasteiger partial charge in [0.05, 0.1) is 24.8 Å². The van der Waals surface area contributed by atoms with Crippen molar-refractivity contribution in [1.29, 1.82) is 0 Å². The van der Waals surface area contributed by atoms with E-state index >= 15 is 0 Å². The highest BCUT2D eigenvalue weighted by Crippen LogP contribution is 2.32. The van der Waals surface area contributed by atoms with Crippen molar-refractivity contribution in [2.75, 3.05) is 51.2 Å². The molecular formula is C28H33N3O5S. The van der Waals surface area contributed by atoms with Gasteiger partial charge in [-0.05, 0) is 36.8 Å². The number of benzene rings is 3. The summed E-state index contributed by atoms with van der Waals surface area (Å²) in [6, 6.07) is 21.8. The van der Waals surface area contributed by atoms with Crippen molar-refractivity contribution < 1.29 is 22.7 Å². The number of carbonyl (C=O) groups excluding carboxylic acids is 1. The van der Waals surface area contributed by atoms with Crippen LogP contribution >= 0.6 is 0 Å². The number of hydrogen-bond donors (Lipinski definition) is 0. The molecule has 37 heavy (non-hydrogen) atoms. The summed E-state index contributed by atoms with van der Waals surface area (Å²) >= 11 is 0. The molecule has 0 aliphatic carbocycles. The average molecular weight is 524 g/mol. The summed E-state index contributed by atoms with van der Waals surface area (Å²) in [6.45, 7) is 5.01. The fraction of sp³-hybridized carbons (Fsp3) is 0.321. The van der Waals surface area contributed by atoms with Crippen LogP contribution in [0.3, 0.4) is 0 Å². The molecule has 0 atom stereocenters. The van der Waals surface area contributed by atoms with Gasteiger partial charge >= 0.3 is 0 Å². The first-order valence-electron chi connectivity index (χ1n) is 12.2. The predicted molar refractivity (Wildman–Crippen MR) is 144 cm³/mol. The number of piperazine rings is 1. The number of methoxy groups -OCH3 is 2. The zero-order valence-electron chi connectivity index (χ0n) is 21.5. The molecule has 1 aliphatic rings. The summed E-state index contributed by atoms with van der Waals surface area (Å²) in [7, 11) is -1.13. The number of amides is 1. The minimum atomic E-state index is -4.07. The van der Waals surface area contributed by atoms with Crippen LogP contribution in [0.5, 0.6) is 11.5 Å². The van der Waals surface area contributed by atoms with E-state index in [1.54, 1.807) is 23.1 Å². The number of ether oxygens (including phenoxy) is 2. The van der Waals surface area contributed by atoms with Crippen molar-refractivity contribution in [2.45, 2.75) is 18.4 Å². The highest BCUT2D eigenvalue weighted by Gasteiger charge is 2.31. The van der Waals surface area contributed by atoms with Gasteiger partial charge in [-0.1, -0.05) is 48.0 Å². The Morgan fingerprint density at radius 2 is 1.51 bits per heavy atom. The number of sulfonamides is 1. The van der Waals surface area contributed by atoms with Crippen molar-refractivity contribution in [1.82, 2.24) is 9.80 Å². The lowest BCUT2D eigenvalue weighted by atomic mass is 10.2. The maximum Gasteiger partial charge on any atom is 0.264 e. The van der Waals surface area contributed by atoms with E-state index in [9.17, 15) is 13.2 Å². The predicted octanol–water partition coefficient (Wildman–Crippen LogP) is 3.55. The van der Waals surface area contributed by atoms with Crippen molar-refractivity contribution >= 4 is 21.6 Å². The van der Waals surface area contributed by atoms with E-state index in [0.717, 1.165) is 25.2 Å². The third-order valence-electron chi connectivity index (χ3n) is 6.52. The lowest BCUT2D eigenvalue weighted by Gasteiger charge is -2.36. The molecule has 8 nitrogen and oxygen atoms in total. The van der Waals surface area contributed by atoms with Crippen LogP contribution < -0.4 is 13.8 Å². The van der Waals surface area contributed by atoms with E-state index in [2.05, 4.69) is 17.0 Å². The van der Waals surface area contributed by atoms with Crippen molar-refractivity contribution in [3.8, 4) is 11.5 Å².